The highest BCUT2D eigenvalue weighted by atomic mass is 16.7. The van der Waals surface area contributed by atoms with Crippen LogP contribution < -0.4 is 0 Å². The number of carbonyl (C=O) groups is 3. The normalized spacial score (nSPS) is 46.8. The maximum absolute atomic E-state index is 13.6. The quantitative estimate of drug-likeness (QED) is 0.216. The van der Waals surface area contributed by atoms with Crippen LogP contribution in [0.4, 0.5) is 0 Å². The van der Waals surface area contributed by atoms with Gasteiger partial charge in [0, 0.05) is 48.0 Å². The topological polar surface area (TPSA) is 160 Å². The molecule has 320 valence electrons. The first-order valence-electron chi connectivity index (χ1n) is 21.5. The molecule has 0 aromatic carbocycles. The number of ether oxygens (including phenoxy) is 3. The summed E-state index contributed by atoms with van der Waals surface area (Å²) in [5.74, 6) is -6.49. The number of aliphatic hydroxyl groups is 4. The summed E-state index contributed by atoms with van der Waals surface area (Å²) in [6.45, 7) is 21.8. The van der Waals surface area contributed by atoms with Crippen molar-refractivity contribution in [2.45, 2.75) is 176 Å². The largest absolute Gasteiger partial charge is 0.458 e. The van der Waals surface area contributed by atoms with Gasteiger partial charge in [0.05, 0.1) is 30.5 Å². The van der Waals surface area contributed by atoms with Gasteiger partial charge in [-0.05, 0) is 76.0 Å². The summed E-state index contributed by atoms with van der Waals surface area (Å²) in [4.78, 5) is 40.8. The molecule has 0 aromatic rings. The molecule has 2 saturated heterocycles. The molecule has 1 spiro atoms. The van der Waals surface area contributed by atoms with Gasteiger partial charge >= 0.3 is 5.97 Å². The summed E-state index contributed by atoms with van der Waals surface area (Å²) < 4.78 is 20.1. The number of fused-ring (bicyclic) bond motifs is 2. The Labute approximate surface area is 337 Å². The van der Waals surface area contributed by atoms with Gasteiger partial charge in [-0.2, -0.15) is 0 Å². The van der Waals surface area contributed by atoms with Crippen molar-refractivity contribution in [2.75, 3.05) is 0 Å². The number of carbonyl (C=O) groups excluding carboxylic acids is 3. The van der Waals surface area contributed by atoms with Gasteiger partial charge in [0.15, 0.2) is 11.6 Å². The van der Waals surface area contributed by atoms with Crippen molar-refractivity contribution in [3.8, 4) is 0 Å². The van der Waals surface area contributed by atoms with E-state index in [0.717, 1.165) is 25.7 Å². The van der Waals surface area contributed by atoms with Gasteiger partial charge in [-0.3, -0.25) is 9.59 Å². The number of rotatable bonds is 3. The Morgan fingerprint density at radius 2 is 1.46 bits per heavy atom. The van der Waals surface area contributed by atoms with E-state index in [4.69, 9.17) is 14.2 Å². The van der Waals surface area contributed by atoms with Gasteiger partial charge in [0.2, 0.25) is 0 Å². The summed E-state index contributed by atoms with van der Waals surface area (Å²) >= 11 is 0. The second-order valence-electron chi connectivity index (χ2n) is 18.3. The van der Waals surface area contributed by atoms with Gasteiger partial charge in [-0.25, -0.2) is 4.79 Å². The standard InChI is InChI=1S/C46H76O10/c1-13-36-18-16-14-15-17-26(2)34(10)45(12,53)44(52)33(9)42(51)32(8)41(50)31(7)40(49)28(4)19-22-39(48)54-43-30(6)37(21-20-36)55-46(35(43)11)24-23-27(3)38(56-46)25-29(5)47/h14-16,18-19,22,26-38,40,42-43,47,49,51,53H,13,17,20-21,23-25H2,1-12H3/b15-14+,18-16+,22-19+/t26-,27+,28+,29-,30-,31+,32+,33+,34+,35+,36+,37+,38+,40-,42-,43-,45-,46+/m1/s1. The predicted molar refractivity (Wildman–Crippen MR) is 218 cm³/mol. The molecule has 3 aliphatic heterocycles. The van der Waals surface area contributed by atoms with E-state index in [0.29, 0.717) is 19.3 Å². The molecule has 3 rings (SSSR count). The van der Waals surface area contributed by atoms with Crippen LogP contribution in [0.1, 0.15) is 128 Å². The number of hydrogen-bond donors (Lipinski definition) is 4. The maximum Gasteiger partial charge on any atom is 0.330 e. The number of aliphatic hydroxyl groups excluding tert-OH is 3. The third kappa shape index (κ3) is 11.5. The van der Waals surface area contributed by atoms with E-state index in [-0.39, 0.29) is 41.8 Å². The van der Waals surface area contributed by atoms with Gasteiger partial charge in [0.25, 0.3) is 0 Å². The predicted octanol–water partition coefficient (Wildman–Crippen LogP) is 7.16. The molecule has 2 bridgehead atoms. The van der Waals surface area contributed by atoms with E-state index in [1.807, 2.05) is 39.0 Å². The van der Waals surface area contributed by atoms with Crippen molar-refractivity contribution >= 4 is 17.5 Å². The average molecular weight is 789 g/mol. The van der Waals surface area contributed by atoms with E-state index >= 15 is 0 Å². The van der Waals surface area contributed by atoms with E-state index in [2.05, 4.69) is 26.8 Å². The highest BCUT2D eigenvalue weighted by Crippen LogP contribution is 2.49. The Morgan fingerprint density at radius 1 is 0.821 bits per heavy atom. The van der Waals surface area contributed by atoms with E-state index in [9.17, 15) is 34.8 Å². The zero-order chi connectivity index (χ0) is 42.3. The van der Waals surface area contributed by atoms with Crippen LogP contribution in [0.2, 0.25) is 0 Å². The lowest BCUT2D eigenvalue weighted by Gasteiger charge is -2.55. The lowest BCUT2D eigenvalue weighted by molar-refractivity contribution is -0.371. The molecule has 0 amide bonds. The second-order valence-corrected chi connectivity index (χ2v) is 18.3. The van der Waals surface area contributed by atoms with E-state index in [1.54, 1.807) is 26.8 Å². The van der Waals surface area contributed by atoms with Crippen LogP contribution >= 0.6 is 0 Å². The Kier molecular flexibility index (Phi) is 17.8. The SMILES string of the molecule is CC[C@H]1/C=C/C=C/C[C@@H](C)[C@H](C)[C@@](C)(O)C(=O)[C@@H](C)[C@H](O)[C@@H](C)C(=O)[C@@H](C)[C@H](O)[C@@H](C)/C=C/C(=O)O[C@@H]2[C@H](C)[C@H](CC1)O[C@]1(CC[C@H](C)[C@H](C[C@@H](C)O)O1)[C@H]2C. The Morgan fingerprint density at radius 3 is 2.09 bits per heavy atom. The van der Waals surface area contributed by atoms with E-state index < -0.39 is 82.9 Å². The van der Waals surface area contributed by atoms with Crippen molar-refractivity contribution in [1.82, 2.24) is 0 Å². The highest BCUT2D eigenvalue weighted by Gasteiger charge is 2.56. The zero-order valence-corrected chi connectivity index (χ0v) is 36.4. The Hall–Kier alpha value is -2.21. The molecule has 18 atom stereocenters. The highest BCUT2D eigenvalue weighted by molar-refractivity contribution is 5.91. The first kappa shape index (κ1) is 48.2. The number of esters is 1. The molecule has 3 aliphatic rings. The minimum absolute atomic E-state index is 0.0564. The number of Topliss-reactive ketones (excluding diaryl/α,β-unsaturated/α-hetero) is 2. The summed E-state index contributed by atoms with van der Waals surface area (Å²) in [5, 5.41) is 44.3. The smallest absolute Gasteiger partial charge is 0.330 e. The van der Waals surface area contributed by atoms with Crippen LogP contribution in [0.3, 0.4) is 0 Å². The number of allylic oxidation sites excluding steroid dienone is 4. The van der Waals surface area contributed by atoms with Crippen molar-refractivity contribution in [3.05, 3.63) is 36.5 Å². The van der Waals surface area contributed by atoms with Crippen LogP contribution in [-0.2, 0) is 28.6 Å². The molecule has 3 heterocycles. The molecule has 0 aliphatic carbocycles. The molecule has 56 heavy (non-hydrogen) atoms. The fraction of sp³-hybridized carbons (Fsp3) is 0.804. The van der Waals surface area contributed by atoms with Crippen LogP contribution in [0, 0.1) is 59.2 Å². The minimum atomic E-state index is -1.74. The van der Waals surface area contributed by atoms with Crippen LogP contribution in [0.25, 0.3) is 0 Å². The van der Waals surface area contributed by atoms with Crippen LogP contribution in [0.5, 0.6) is 0 Å². The lowest BCUT2D eigenvalue weighted by Crippen LogP contribution is -2.62. The fourth-order valence-electron chi connectivity index (χ4n) is 9.17. The van der Waals surface area contributed by atoms with Crippen molar-refractivity contribution in [3.63, 3.8) is 0 Å². The molecule has 0 radical (unpaired) electrons. The van der Waals surface area contributed by atoms with Gasteiger partial charge in [-0.15, -0.1) is 0 Å². The zero-order valence-electron chi connectivity index (χ0n) is 36.4. The van der Waals surface area contributed by atoms with Gasteiger partial charge < -0.3 is 34.6 Å². The minimum Gasteiger partial charge on any atom is -0.458 e. The second kappa shape index (κ2) is 20.7. The van der Waals surface area contributed by atoms with E-state index in [1.165, 1.54) is 26.8 Å². The third-order valence-electron chi connectivity index (χ3n) is 14.0. The summed E-state index contributed by atoms with van der Waals surface area (Å²) in [7, 11) is 0. The first-order valence-corrected chi connectivity index (χ1v) is 21.5. The number of hydrogen-bond acceptors (Lipinski definition) is 10. The maximum atomic E-state index is 13.6. The number of ketones is 2. The van der Waals surface area contributed by atoms with Crippen LogP contribution in [0.15, 0.2) is 36.5 Å². The molecule has 2 fully saturated rings. The summed E-state index contributed by atoms with van der Waals surface area (Å²) in [6.07, 6.45) is 12.2. The van der Waals surface area contributed by atoms with Gasteiger partial charge in [-0.1, -0.05) is 99.6 Å². The monoisotopic (exact) mass is 789 g/mol. The molecular formula is C46H76O10. The molecule has 10 heteroatoms. The van der Waals surface area contributed by atoms with Crippen molar-refractivity contribution < 1.29 is 49.0 Å². The van der Waals surface area contributed by atoms with Crippen molar-refractivity contribution in [2.24, 2.45) is 59.2 Å². The molecule has 0 saturated carbocycles. The molecule has 10 nitrogen and oxygen atoms in total. The van der Waals surface area contributed by atoms with Gasteiger partial charge in [0.1, 0.15) is 17.5 Å². The third-order valence-corrected chi connectivity index (χ3v) is 14.0. The molecule has 4 N–H and O–H groups in total. The first-order chi connectivity index (χ1) is 26.1. The average Bonchev–Trinajstić information content (AvgIpc) is 3.16. The summed E-state index contributed by atoms with van der Waals surface area (Å²) in [5.41, 5.74) is -1.74. The fourth-order valence-corrected chi connectivity index (χ4v) is 9.17. The molecule has 0 aromatic heterocycles. The molecular weight excluding hydrogens is 712 g/mol. The summed E-state index contributed by atoms with van der Waals surface area (Å²) in [6, 6.07) is 0. The lowest BCUT2D eigenvalue weighted by atomic mass is 9.72. The van der Waals surface area contributed by atoms with Crippen molar-refractivity contribution in [1.29, 1.82) is 0 Å². The van der Waals surface area contributed by atoms with Crippen LogP contribution in [-0.4, -0.2) is 86.0 Å². The Bertz CT molecular complexity index is 1390. The Balaban J connectivity index is 1.99. The molecule has 0 unspecified atom stereocenters.